The highest BCUT2D eigenvalue weighted by Gasteiger charge is 2.03. The predicted molar refractivity (Wildman–Crippen MR) is 83.6 cm³/mol. The first-order valence-corrected chi connectivity index (χ1v) is 6.77. The van der Waals surface area contributed by atoms with Gasteiger partial charge in [0.05, 0.1) is 12.5 Å². The predicted octanol–water partition coefficient (Wildman–Crippen LogP) is 2.91. The number of carbonyl (C=O) groups is 1. The number of rotatable bonds is 5. The van der Waals surface area contributed by atoms with Crippen molar-refractivity contribution in [2.45, 2.75) is 19.3 Å². The van der Waals surface area contributed by atoms with Crippen LogP contribution in [0.1, 0.15) is 17.5 Å². The standard InChI is InChI=1S/C17H17N3O/c18-12-11-14-3-8-16(9-4-14)20-17(21)10-5-13-1-6-15(19)7-2-13/h1-4,6-9H,5,10-11,19H2,(H,20,21). The fraction of sp³-hybridized carbons (Fsp3) is 0.176. The van der Waals surface area contributed by atoms with Crippen LogP contribution in [0.4, 0.5) is 11.4 Å². The molecule has 0 aromatic heterocycles. The summed E-state index contributed by atoms with van der Waals surface area (Å²) in [5, 5.41) is 11.4. The fourth-order valence-electron chi connectivity index (χ4n) is 1.96. The summed E-state index contributed by atoms with van der Waals surface area (Å²) in [7, 11) is 0. The van der Waals surface area contributed by atoms with Crippen molar-refractivity contribution in [2.24, 2.45) is 0 Å². The number of amides is 1. The first-order chi connectivity index (χ1) is 10.2. The van der Waals surface area contributed by atoms with Gasteiger partial charge < -0.3 is 11.1 Å². The van der Waals surface area contributed by atoms with E-state index in [0.717, 1.165) is 22.5 Å². The van der Waals surface area contributed by atoms with Gasteiger partial charge in [-0.3, -0.25) is 4.79 Å². The van der Waals surface area contributed by atoms with E-state index < -0.39 is 0 Å². The van der Waals surface area contributed by atoms with E-state index in [0.29, 0.717) is 19.3 Å². The Kier molecular flexibility index (Phi) is 4.94. The Morgan fingerprint density at radius 1 is 1.05 bits per heavy atom. The molecule has 2 aromatic carbocycles. The van der Waals surface area contributed by atoms with Gasteiger partial charge in [-0.2, -0.15) is 5.26 Å². The monoisotopic (exact) mass is 279 g/mol. The van der Waals surface area contributed by atoms with Gasteiger partial charge in [0, 0.05) is 17.8 Å². The average molecular weight is 279 g/mol. The van der Waals surface area contributed by atoms with Crippen molar-refractivity contribution in [3.8, 4) is 6.07 Å². The van der Waals surface area contributed by atoms with Crippen molar-refractivity contribution in [1.29, 1.82) is 5.26 Å². The van der Waals surface area contributed by atoms with E-state index >= 15 is 0 Å². The van der Waals surface area contributed by atoms with Gasteiger partial charge in [-0.05, 0) is 41.8 Å². The number of aryl methyl sites for hydroxylation is 1. The Labute approximate surface area is 124 Å². The molecule has 0 saturated heterocycles. The molecule has 0 radical (unpaired) electrons. The number of benzene rings is 2. The zero-order valence-electron chi connectivity index (χ0n) is 11.7. The molecular weight excluding hydrogens is 262 g/mol. The SMILES string of the molecule is N#CCc1ccc(NC(=O)CCc2ccc(N)cc2)cc1. The van der Waals surface area contributed by atoms with E-state index in [2.05, 4.69) is 11.4 Å². The molecule has 106 valence electrons. The van der Waals surface area contributed by atoms with Crippen LogP contribution in [0, 0.1) is 11.3 Å². The third-order valence-corrected chi connectivity index (χ3v) is 3.14. The van der Waals surface area contributed by atoms with Gasteiger partial charge in [0.25, 0.3) is 0 Å². The van der Waals surface area contributed by atoms with E-state index in [1.807, 2.05) is 48.5 Å². The molecule has 0 heterocycles. The molecule has 0 spiro atoms. The molecule has 0 aliphatic carbocycles. The Morgan fingerprint density at radius 2 is 1.67 bits per heavy atom. The lowest BCUT2D eigenvalue weighted by molar-refractivity contribution is -0.116. The molecule has 0 saturated carbocycles. The van der Waals surface area contributed by atoms with Crippen molar-refractivity contribution in [3.63, 3.8) is 0 Å². The van der Waals surface area contributed by atoms with E-state index in [-0.39, 0.29) is 5.91 Å². The largest absolute Gasteiger partial charge is 0.399 e. The van der Waals surface area contributed by atoms with E-state index in [1.54, 1.807) is 0 Å². The zero-order chi connectivity index (χ0) is 15.1. The lowest BCUT2D eigenvalue weighted by Gasteiger charge is -2.06. The topological polar surface area (TPSA) is 78.9 Å². The van der Waals surface area contributed by atoms with E-state index in [4.69, 9.17) is 11.0 Å². The third-order valence-electron chi connectivity index (χ3n) is 3.14. The van der Waals surface area contributed by atoms with E-state index in [9.17, 15) is 4.79 Å². The van der Waals surface area contributed by atoms with Crippen LogP contribution < -0.4 is 11.1 Å². The zero-order valence-corrected chi connectivity index (χ0v) is 11.7. The highest BCUT2D eigenvalue weighted by atomic mass is 16.1. The van der Waals surface area contributed by atoms with Crippen molar-refractivity contribution in [2.75, 3.05) is 11.1 Å². The number of nitrogens with one attached hydrogen (secondary N) is 1. The summed E-state index contributed by atoms with van der Waals surface area (Å²) in [6, 6.07) is 16.9. The summed E-state index contributed by atoms with van der Waals surface area (Å²) in [5.74, 6) is -0.0279. The summed E-state index contributed by atoms with van der Waals surface area (Å²) >= 11 is 0. The van der Waals surface area contributed by atoms with Crippen molar-refractivity contribution >= 4 is 17.3 Å². The Bertz CT molecular complexity index is 639. The number of anilines is 2. The van der Waals surface area contributed by atoms with Crippen LogP contribution in [0.5, 0.6) is 0 Å². The molecular formula is C17H17N3O. The molecule has 0 unspecified atom stereocenters. The average Bonchev–Trinajstić information content (AvgIpc) is 2.49. The maximum absolute atomic E-state index is 11.9. The van der Waals surface area contributed by atoms with Gasteiger partial charge >= 0.3 is 0 Å². The van der Waals surface area contributed by atoms with Gasteiger partial charge in [-0.15, -0.1) is 0 Å². The number of nitriles is 1. The van der Waals surface area contributed by atoms with E-state index in [1.165, 1.54) is 0 Å². The number of nitrogens with zero attached hydrogens (tertiary/aromatic N) is 1. The van der Waals surface area contributed by atoms with Crippen molar-refractivity contribution in [1.82, 2.24) is 0 Å². The van der Waals surface area contributed by atoms with Gasteiger partial charge in [0.15, 0.2) is 0 Å². The third kappa shape index (κ3) is 4.66. The first kappa shape index (κ1) is 14.6. The molecule has 2 aromatic rings. The number of nitrogens with two attached hydrogens (primary N) is 1. The van der Waals surface area contributed by atoms with Crippen LogP contribution in [-0.2, 0) is 17.6 Å². The summed E-state index contributed by atoms with van der Waals surface area (Å²) in [6.07, 6.45) is 1.48. The number of carbonyl (C=O) groups excluding carboxylic acids is 1. The maximum Gasteiger partial charge on any atom is 0.224 e. The summed E-state index contributed by atoms with van der Waals surface area (Å²) in [5.41, 5.74) is 9.12. The summed E-state index contributed by atoms with van der Waals surface area (Å²) in [6.45, 7) is 0. The van der Waals surface area contributed by atoms with Crippen LogP contribution in [-0.4, -0.2) is 5.91 Å². The van der Waals surface area contributed by atoms with Gasteiger partial charge in [0.2, 0.25) is 5.91 Å². The molecule has 4 heteroatoms. The Hall–Kier alpha value is -2.80. The lowest BCUT2D eigenvalue weighted by Crippen LogP contribution is -2.12. The van der Waals surface area contributed by atoms with Gasteiger partial charge in [-0.25, -0.2) is 0 Å². The van der Waals surface area contributed by atoms with Gasteiger partial charge in [0.1, 0.15) is 0 Å². The number of nitrogen functional groups attached to an aromatic ring is 1. The second-order valence-corrected chi connectivity index (χ2v) is 4.82. The molecule has 0 aliphatic heterocycles. The second kappa shape index (κ2) is 7.11. The summed E-state index contributed by atoms with van der Waals surface area (Å²) in [4.78, 5) is 11.9. The van der Waals surface area contributed by atoms with Gasteiger partial charge in [-0.1, -0.05) is 24.3 Å². The second-order valence-electron chi connectivity index (χ2n) is 4.82. The molecule has 2 rings (SSSR count). The van der Waals surface area contributed by atoms with Crippen LogP contribution >= 0.6 is 0 Å². The summed E-state index contributed by atoms with van der Waals surface area (Å²) < 4.78 is 0. The first-order valence-electron chi connectivity index (χ1n) is 6.77. The molecule has 0 aliphatic rings. The molecule has 3 N–H and O–H groups in total. The number of hydrogen-bond acceptors (Lipinski definition) is 3. The van der Waals surface area contributed by atoms with Crippen LogP contribution in [0.2, 0.25) is 0 Å². The Morgan fingerprint density at radius 3 is 2.29 bits per heavy atom. The molecule has 4 nitrogen and oxygen atoms in total. The molecule has 0 fully saturated rings. The molecule has 1 amide bonds. The maximum atomic E-state index is 11.9. The molecule has 0 bridgehead atoms. The quantitative estimate of drug-likeness (QED) is 0.826. The van der Waals surface area contributed by atoms with Crippen molar-refractivity contribution in [3.05, 3.63) is 59.7 Å². The van der Waals surface area contributed by atoms with Crippen LogP contribution in [0.3, 0.4) is 0 Å². The minimum Gasteiger partial charge on any atom is -0.399 e. The Balaban J connectivity index is 1.84. The highest BCUT2D eigenvalue weighted by Crippen LogP contribution is 2.12. The minimum absolute atomic E-state index is 0.0279. The molecule has 0 atom stereocenters. The number of hydrogen-bond donors (Lipinski definition) is 2. The van der Waals surface area contributed by atoms with Crippen LogP contribution in [0.25, 0.3) is 0 Å². The van der Waals surface area contributed by atoms with Crippen molar-refractivity contribution < 1.29 is 4.79 Å². The molecule has 21 heavy (non-hydrogen) atoms. The lowest BCUT2D eigenvalue weighted by atomic mass is 10.1. The minimum atomic E-state index is -0.0279. The highest BCUT2D eigenvalue weighted by molar-refractivity contribution is 5.90. The van der Waals surface area contributed by atoms with Crippen LogP contribution in [0.15, 0.2) is 48.5 Å². The fourth-order valence-corrected chi connectivity index (χ4v) is 1.96. The normalized spacial score (nSPS) is 9.86. The smallest absolute Gasteiger partial charge is 0.224 e.